The minimum absolute atomic E-state index is 0.00623. The van der Waals surface area contributed by atoms with E-state index in [0.717, 1.165) is 11.1 Å². The average molecular weight is 263 g/mol. The smallest absolute Gasteiger partial charge is 0.328 e. The van der Waals surface area contributed by atoms with Gasteiger partial charge in [0.25, 0.3) is 0 Å². The first-order valence-electron chi connectivity index (χ1n) is 6.37. The van der Waals surface area contributed by atoms with Crippen molar-refractivity contribution < 1.29 is 14.3 Å². The maximum absolute atomic E-state index is 12.0. The number of ether oxygens (including phenoxy) is 1. The van der Waals surface area contributed by atoms with Crippen LogP contribution in [0.15, 0.2) is 24.3 Å². The van der Waals surface area contributed by atoms with Gasteiger partial charge in [0.05, 0.1) is 13.5 Å². The summed E-state index contributed by atoms with van der Waals surface area (Å²) in [5.41, 5.74) is 2.03. The first kappa shape index (κ1) is 15.2. The molecule has 1 rings (SSSR count). The third-order valence-corrected chi connectivity index (χ3v) is 3.05. The van der Waals surface area contributed by atoms with Crippen LogP contribution in [0.1, 0.15) is 25.0 Å². The molecule has 1 atom stereocenters. The van der Waals surface area contributed by atoms with Crippen LogP contribution in [0.25, 0.3) is 0 Å². The van der Waals surface area contributed by atoms with Gasteiger partial charge in [0.2, 0.25) is 5.91 Å². The number of hydrogen-bond donors (Lipinski definition) is 1. The van der Waals surface area contributed by atoms with Gasteiger partial charge in [-0.25, -0.2) is 4.79 Å². The van der Waals surface area contributed by atoms with Crippen LogP contribution in [0.3, 0.4) is 0 Å². The molecule has 104 valence electrons. The highest BCUT2D eigenvalue weighted by Crippen LogP contribution is 2.09. The lowest BCUT2D eigenvalue weighted by Crippen LogP contribution is -2.45. The molecule has 1 amide bonds. The summed E-state index contributed by atoms with van der Waals surface area (Å²) in [6, 6.07) is 7.11. The summed E-state index contributed by atoms with van der Waals surface area (Å²) in [5.74, 6) is -0.584. The van der Waals surface area contributed by atoms with Gasteiger partial charge in [-0.1, -0.05) is 38.1 Å². The molecule has 0 bridgehead atoms. The molecule has 0 aliphatic heterocycles. The normalized spacial score (nSPS) is 12.1. The summed E-state index contributed by atoms with van der Waals surface area (Å²) in [5, 5.41) is 2.73. The number of benzene rings is 1. The van der Waals surface area contributed by atoms with Crippen molar-refractivity contribution in [1.82, 2.24) is 5.32 Å². The highest BCUT2D eigenvalue weighted by atomic mass is 16.5. The van der Waals surface area contributed by atoms with E-state index < -0.39 is 12.0 Å². The SMILES string of the molecule is COC(=O)[C@@H](NC(=O)Cc1ccccc1C)C(C)C. The van der Waals surface area contributed by atoms with Crippen LogP contribution in [0, 0.1) is 12.8 Å². The molecule has 0 aromatic heterocycles. The lowest BCUT2D eigenvalue weighted by molar-refractivity contribution is -0.146. The minimum atomic E-state index is -0.596. The van der Waals surface area contributed by atoms with E-state index in [1.807, 2.05) is 45.0 Å². The predicted molar refractivity (Wildman–Crippen MR) is 73.7 cm³/mol. The van der Waals surface area contributed by atoms with Gasteiger partial charge in [-0.15, -0.1) is 0 Å². The van der Waals surface area contributed by atoms with Crippen LogP contribution in [-0.2, 0) is 20.7 Å². The van der Waals surface area contributed by atoms with E-state index in [0.29, 0.717) is 0 Å². The van der Waals surface area contributed by atoms with Gasteiger partial charge in [-0.3, -0.25) is 4.79 Å². The second-order valence-electron chi connectivity index (χ2n) is 4.92. The van der Waals surface area contributed by atoms with Crippen LogP contribution < -0.4 is 5.32 Å². The quantitative estimate of drug-likeness (QED) is 0.825. The molecule has 0 saturated carbocycles. The highest BCUT2D eigenvalue weighted by molar-refractivity contribution is 5.85. The molecule has 4 nitrogen and oxygen atoms in total. The van der Waals surface area contributed by atoms with Crippen molar-refractivity contribution in [2.75, 3.05) is 7.11 Å². The topological polar surface area (TPSA) is 55.4 Å². The lowest BCUT2D eigenvalue weighted by Gasteiger charge is -2.20. The molecule has 0 aliphatic carbocycles. The molecular formula is C15H21NO3. The molecule has 0 fully saturated rings. The minimum Gasteiger partial charge on any atom is -0.467 e. The van der Waals surface area contributed by atoms with Crippen molar-refractivity contribution in [1.29, 1.82) is 0 Å². The number of methoxy groups -OCH3 is 1. The van der Waals surface area contributed by atoms with Gasteiger partial charge in [-0.2, -0.15) is 0 Å². The fraction of sp³-hybridized carbons (Fsp3) is 0.467. The molecule has 0 unspecified atom stereocenters. The van der Waals surface area contributed by atoms with Crippen molar-refractivity contribution >= 4 is 11.9 Å². The number of nitrogens with one attached hydrogen (secondary N) is 1. The number of carbonyl (C=O) groups excluding carboxylic acids is 2. The number of rotatable bonds is 5. The Hall–Kier alpha value is -1.84. The number of aryl methyl sites for hydroxylation is 1. The number of esters is 1. The van der Waals surface area contributed by atoms with Gasteiger partial charge < -0.3 is 10.1 Å². The number of amides is 1. The van der Waals surface area contributed by atoms with Crippen molar-refractivity contribution in [3.63, 3.8) is 0 Å². The Bertz CT molecular complexity index is 454. The number of hydrogen-bond acceptors (Lipinski definition) is 3. The Morgan fingerprint density at radius 3 is 2.42 bits per heavy atom. The van der Waals surface area contributed by atoms with E-state index in [-0.39, 0.29) is 18.2 Å². The first-order valence-corrected chi connectivity index (χ1v) is 6.37. The van der Waals surface area contributed by atoms with E-state index in [1.54, 1.807) is 0 Å². The Morgan fingerprint density at radius 1 is 1.26 bits per heavy atom. The van der Waals surface area contributed by atoms with Gasteiger partial charge in [0.15, 0.2) is 0 Å². The van der Waals surface area contributed by atoms with Gasteiger partial charge >= 0.3 is 5.97 Å². The van der Waals surface area contributed by atoms with Crippen molar-refractivity contribution in [2.24, 2.45) is 5.92 Å². The third kappa shape index (κ3) is 4.39. The summed E-state index contributed by atoms with van der Waals surface area (Å²) in [4.78, 5) is 23.6. The molecule has 0 aliphatic rings. The largest absolute Gasteiger partial charge is 0.467 e. The second kappa shape index (κ2) is 6.92. The predicted octanol–water partition coefficient (Wildman–Crippen LogP) is 1.85. The van der Waals surface area contributed by atoms with Gasteiger partial charge in [0, 0.05) is 0 Å². The molecule has 0 heterocycles. The highest BCUT2D eigenvalue weighted by Gasteiger charge is 2.24. The van der Waals surface area contributed by atoms with E-state index in [4.69, 9.17) is 4.74 Å². The Balaban J connectivity index is 2.68. The van der Waals surface area contributed by atoms with E-state index in [1.165, 1.54) is 7.11 Å². The zero-order valence-corrected chi connectivity index (χ0v) is 11.9. The van der Waals surface area contributed by atoms with Gasteiger partial charge in [-0.05, 0) is 24.0 Å². The maximum Gasteiger partial charge on any atom is 0.328 e. The Kier molecular flexibility index (Phi) is 5.55. The van der Waals surface area contributed by atoms with Crippen LogP contribution in [0.5, 0.6) is 0 Å². The zero-order chi connectivity index (χ0) is 14.4. The molecule has 0 saturated heterocycles. The molecular weight excluding hydrogens is 242 g/mol. The van der Waals surface area contributed by atoms with Crippen molar-refractivity contribution in [3.05, 3.63) is 35.4 Å². The van der Waals surface area contributed by atoms with Crippen LogP contribution in [0.4, 0.5) is 0 Å². The fourth-order valence-corrected chi connectivity index (χ4v) is 1.83. The van der Waals surface area contributed by atoms with Gasteiger partial charge in [0.1, 0.15) is 6.04 Å². The fourth-order valence-electron chi connectivity index (χ4n) is 1.83. The molecule has 4 heteroatoms. The lowest BCUT2D eigenvalue weighted by atomic mass is 10.0. The standard InChI is InChI=1S/C15H21NO3/c1-10(2)14(15(18)19-4)16-13(17)9-12-8-6-5-7-11(12)3/h5-8,10,14H,9H2,1-4H3,(H,16,17)/t14-/m0/s1. The monoisotopic (exact) mass is 263 g/mol. The molecule has 0 spiro atoms. The van der Waals surface area contributed by atoms with E-state index in [9.17, 15) is 9.59 Å². The maximum atomic E-state index is 12.0. The molecule has 1 aromatic carbocycles. The number of carbonyl (C=O) groups is 2. The van der Waals surface area contributed by atoms with Crippen molar-refractivity contribution in [3.8, 4) is 0 Å². The summed E-state index contributed by atoms with van der Waals surface area (Å²) in [7, 11) is 1.32. The van der Waals surface area contributed by atoms with E-state index in [2.05, 4.69) is 5.32 Å². The van der Waals surface area contributed by atoms with Crippen LogP contribution >= 0.6 is 0 Å². The van der Waals surface area contributed by atoms with Crippen LogP contribution in [0.2, 0.25) is 0 Å². The summed E-state index contributed by atoms with van der Waals surface area (Å²) >= 11 is 0. The zero-order valence-electron chi connectivity index (χ0n) is 11.9. The first-order chi connectivity index (χ1) is 8.95. The molecule has 1 N–H and O–H groups in total. The van der Waals surface area contributed by atoms with E-state index >= 15 is 0 Å². The Morgan fingerprint density at radius 2 is 1.89 bits per heavy atom. The average Bonchev–Trinajstić information content (AvgIpc) is 2.37. The van der Waals surface area contributed by atoms with Crippen LogP contribution in [-0.4, -0.2) is 25.0 Å². The summed E-state index contributed by atoms with van der Waals surface area (Å²) in [6.07, 6.45) is 0.271. The third-order valence-electron chi connectivity index (χ3n) is 3.05. The molecule has 0 radical (unpaired) electrons. The van der Waals surface area contributed by atoms with Crippen molar-refractivity contribution in [2.45, 2.75) is 33.2 Å². The molecule has 19 heavy (non-hydrogen) atoms. The summed E-state index contributed by atoms with van der Waals surface area (Å²) < 4.78 is 4.69. The second-order valence-corrected chi connectivity index (χ2v) is 4.92. The molecule has 1 aromatic rings. The Labute approximate surface area is 114 Å². The summed E-state index contributed by atoms with van der Waals surface area (Å²) in [6.45, 7) is 5.70.